The summed E-state index contributed by atoms with van der Waals surface area (Å²) in [5.74, 6) is -3.21. The highest BCUT2D eigenvalue weighted by molar-refractivity contribution is 5.88. The summed E-state index contributed by atoms with van der Waals surface area (Å²) in [6.07, 6.45) is -0.459. The van der Waals surface area contributed by atoms with Crippen LogP contribution in [-0.4, -0.2) is 34.1 Å². The Morgan fingerprint density at radius 2 is 0.923 bits per heavy atom. The molecule has 2 aromatic rings. The van der Waals surface area contributed by atoms with E-state index < -0.39 is 23.9 Å². The van der Waals surface area contributed by atoms with Crippen molar-refractivity contribution < 1.29 is 38.9 Å². The highest BCUT2D eigenvalue weighted by Gasteiger charge is 2.12. The zero-order chi connectivity index (χ0) is 19.1. The Kier molecular flexibility index (Phi) is 6.05. The summed E-state index contributed by atoms with van der Waals surface area (Å²) in [6.45, 7) is 0. The second-order valence-electron chi connectivity index (χ2n) is 5.11. The SMILES string of the molecule is O=C(CCC(=O)Oc1ccc(C(=O)O)cc1)Oc1ccc(C(=O)O)cc1. The quantitative estimate of drug-likeness (QED) is 0.570. The monoisotopic (exact) mass is 358 g/mol. The molecule has 26 heavy (non-hydrogen) atoms. The van der Waals surface area contributed by atoms with Crippen LogP contribution in [0.25, 0.3) is 0 Å². The van der Waals surface area contributed by atoms with Crippen molar-refractivity contribution in [2.24, 2.45) is 0 Å². The number of rotatable bonds is 7. The first-order valence-corrected chi connectivity index (χ1v) is 7.43. The van der Waals surface area contributed by atoms with Gasteiger partial charge >= 0.3 is 23.9 Å². The molecule has 8 nitrogen and oxygen atoms in total. The summed E-state index contributed by atoms with van der Waals surface area (Å²) in [5.41, 5.74) is 0.115. The standard InChI is InChI=1S/C18H14O8/c19-15(25-13-5-1-11(2-6-13)17(21)22)9-10-16(20)26-14-7-3-12(4-8-14)18(23)24/h1-8H,9-10H2,(H,21,22)(H,23,24). The van der Waals surface area contributed by atoms with Crippen LogP contribution in [0.3, 0.4) is 0 Å². The molecule has 0 aliphatic rings. The fraction of sp³-hybridized carbons (Fsp3) is 0.111. The molecule has 0 fully saturated rings. The minimum atomic E-state index is -1.10. The van der Waals surface area contributed by atoms with Gasteiger partial charge in [0.05, 0.1) is 24.0 Å². The molecule has 0 aliphatic carbocycles. The first-order chi connectivity index (χ1) is 12.3. The first kappa shape index (κ1) is 18.7. The maximum atomic E-state index is 11.7. The summed E-state index contributed by atoms with van der Waals surface area (Å²) in [6, 6.07) is 10.5. The van der Waals surface area contributed by atoms with Gasteiger partial charge in [-0.1, -0.05) is 0 Å². The zero-order valence-electron chi connectivity index (χ0n) is 13.4. The van der Waals surface area contributed by atoms with Crippen LogP contribution in [0.5, 0.6) is 11.5 Å². The van der Waals surface area contributed by atoms with Crippen LogP contribution in [0.4, 0.5) is 0 Å². The fourth-order valence-corrected chi connectivity index (χ4v) is 1.90. The Labute approximate surface area is 147 Å². The number of carbonyl (C=O) groups excluding carboxylic acids is 2. The van der Waals surface area contributed by atoms with E-state index in [0.717, 1.165) is 0 Å². The Balaban J connectivity index is 1.80. The molecule has 0 saturated heterocycles. The smallest absolute Gasteiger partial charge is 0.335 e. The molecule has 0 amide bonds. The third-order valence-electron chi connectivity index (χ3n) is 3.20. The Hall–Kier alpha value is -3.68. The van der Waals surface area contributed by atoms with Gasteiger partial charge in [0.2, 0.25) is 0 Å². The van der Waals surface area contributed by atoms with Gasteiger partial charge in [0.25, 0.3) is 0 Å². The molecule has 0 spiro atoms. The summed E-state index contributed by atoms with van der Waals surface area (Å²) in [7, 11) is 0. The number of ether oxygens (including phenoxy) is 2. The molecule has 0 radical (unpaired) electrons. The molecule has 0 heterocycles. The van der Waals surface area contributed by atoms with Crippen LogP contribution >= 0.6 is 0 Å². The fourth-order valence-electron chi connectivity index (χ4n) is 1.90. The molecule has 0 unspecified atom stereocenters. The average Bonchev–Trinajstić information content (AvgIpc) is 2.61. The second-order valence-corrected chi connectivity index (χ2v) is 5.11. The normalized spacial score (nSPS) is 10.0. The van der Waals surface area contributed by atoms with Crippen molar-refractivity contribution in [3.05, 3.63) is 59.7 Å². The van der Waals surface area contributed by atoms with Gasteiger partial charge in [0, 0.05) is 0 Å². The Morgan fingerprint density at radius 3 is 1.19 bits per heavy atom. The summed E-state index contributed by atoms with van der Waals surface area (Å²) in [5, 5.41) is 17.6. The molecule has 2 N–H and O–H groups in total. The Morgan fingerprint density at radius 1 is 0.615 bits per heavy atom. The van der Waals surface area contributed by atoms with Crippen LogP contribution in [-0.2, 0) is 9.59 Å². The minimum absolute atomic E-state index is 0.0577. The van der Waals surface area contributed by atoms with Crippen molar-refractivity contribution in [1.29, 1.82) is 0 Å². The van der Waals surface area contributed by atoms with Gasteiger partial charge in [0.15, 0.2) is 0 Å². The van der Waals surface area contributed by atoms with E-state index in [1.165, 1.54) is 48.5 Å². The maximum absolute atomic E-state index is 11.7. The van der Waals surface area contributed by atoms with Crippen LogP contribution in [0, 0.1) is 0 Å². The van der Waals surface area contributed by atoms with Gasteiger partial charge in [-0.05, 0) is 48.5 Å². The number of carbonyl (C=O) groups is 4. The number of carboxylic acids is 2. The third-order valence-corrected chi connectivity index (χ3v) is 3.20. The third kappa shape index (κ3) is 5.45. The Bertz CT molecular complexity index is 750. The summed E-state index contributed by atoms with van der Waals surface area (Å²) >= 11 is 0. The van der Waals surface area contributed by atoms with Gasteiger partial charge in [-0.25, -0.2) is 9.59 Å². The molecule has 0 aliphatic heterocycles. The van der Waals surface area contributed by atoms with Gasteiger partial charge in [0.1, 0.15) is 11.5 Å². The lowest BCUT2D eigenvalue weighted by Gasteiger charge is -2.06. The first-order valence-electron chi connectivity index (χ1n) is 7.43. The molecule has 2 aromatic carbocycles. The molecular weight excluding hydrogens is 344 g/mol. The average molecular weight is 358 g/mol. The van der Waals surface area contributed by atoms with E-state index in [9.17, 15) is 19.2 Å². The van der Waals surface area contributed by atoms with Crippen molar-refractivity contribution in [2.45, 2.75) is 12.8 Å². The summed E-state index contributed by atoms with van der Waals surface area (Å²) in [4.78, 5) is 44.8. The topological polar surface area (TPSA) is 127 Å². The van der Waals surface area contributed by atoms with Crippen molar-refractivity contribution in [1.82, 2.24) is 0 Å². The zero-order valence-corrected chi connectivity index (χ0v) is 13.4. The molecule has 2 rings (SSSR count). The highest BCUT2D eigenvalue weighted by Crippen LogP contribution is 2.15. The van der Waals surface area contributed by atoms with Crippen molar-refractivity contribution >= 4 is 23.9 Å². The number of esters is 2. The number of benzene rings is 2. The van der Waals surface area contributed by atoms with Gasteiger partial charge in [-0.3, -0.25) is 9.59 Å². The molecule has 134 valence electrons. The van der Waals surface area contributed by atoms with E-state index in [-0.39, 0.29) is 35.5 Å². The van der Waals surface area contributed by atoms with Crippen LogP contribution in [0.2, 0.25) is 0 Å². The van der Waals surface area contributed by atoms with E-state index in [1.54, 1.807) is 0 Å². The lowest BCUT2D eigenvalue weighted by atomic mass is 10.2. The molecule has 0 atom stereocenters. The van der Waals surface area contributed by atoms with Gasteiger partial charge < -0.3 is 19.7 Å². The van der Waals surface area contributed by atoms with Crippen molar-refractivity contribution in [3.8, 4) is 11.5 Å². The van der Waals surface area contributed by atoms with Crippen LogP contribution in [0.15, 0.2) is 48.5 Å². The molecule has 0 aromatic heterocycles. The van der Waals surface area contributed by atoms with Crippen LogP contribution in [0.1, 0.15) is 33.6 Å². The lowest BCUT2D eigenvalue weighted by Crippen LogP contribution is -2.14. The van der Waals surface area contributed by atoms with Crippen molar-refractivity contribution in [3.63, 3.8) is 0 Å². The van der Waals surface area contributed by atoms with E-state index in [1.807, 2.05) is 0 Å². The van der Waals surface area contributed by atoms with E-state index in [4.69, 9.17) is 19.7 Å². The van der Waals surface area contributed by atoms with Gasteiger partial charge in [-0.2, -0.15) is 0 Å². The lowest BCUT2D eigenvalue weighted by molar-refractivity contribution is -0.140. The molecule has 0 saturated carbocycles. The van der Waals surface area contributed by atoms with E-state index in [2.05, 4.69) is 0 Å². The van der Waals surface area contributed by atoms with Gasteiger partial charge in [-0.15, -0.1) is 0 Å². The molecule has 0 bridgehead atoms. The predicted molar refractivity (Wildman–Crippen MR) is 87.3 cm³/mol. The maximum Gasteiger partial charge on any atom is 0.335 e. The minimum Gasteiger partial charge on any atom is -0.478 e. The largest absolute Gasteiger partial charge is 0.478 e. The molecule has 8 heteroatoms. The number of hydrogen-bond donors (Lipinski definition) is 2. The number of aromatic carboxylic acids is 2. The van der Waals surface area contributed by atoms with E-state index in [0.29, 0.717) is 0 Å². The van der Waals surface area contributed by atoms with Crippen LogP contribution < -0.4 is 9.47 Å². The molecular formula is C18H14O8. The number of carboxylic acid groups (broad SMARTS) is 2. The second kappa shape index (κ2) is 8.43. The van der Waals surface area contributed by atoms with Crippen molar-refractivity contribution in [2.75, 3.05) is 0 Å². The summed E-state index contributed by atoms with van der Waals surface area (Å²) < 4.78 is 9.97. The highest BCUT2D eigenvalue weighted by atomic mass is 16.5. The van der Waals surface area contributed by atoms with E-state index >= 15 is 0 Å². The number of hydrogen-bond acceptors (Lipinski definition) is 6. The predicted octanol–water partition coefficient (Wildman–Crippen LogP) is 2.37.